The molecule has 1 aliphatic carbocycles. The molecule has 0 saturated heterocycles. The maximum Gasteiger partial charge on any atom is 0.358 e. The van der Waals surface area contributed by atoms with Crippen LogP contribution in [0, 0.1) is 5.92 Å². The van der Waals surface area contributed by atoms with E-state index in [0.29, 0.717) is 12.3 Å². The second-order valence-corrected chi connectivity index (χ2v) is 5.57. The van der Waals surface area contributed by atoms with E-state index < -0.39 is 0 Å². The highest BCUT2D eigenvalue weighted by Crippen LogP contribution is 2.26. The number of ether oxygens (including phenoxy) is 1. The lowest BCUT2D eigenvalue weighted by Gasteiger charge is -2.24. The molecule has 0 bridgehead atoms. The zero-order valence-corrected chi connectivity index (χ0v) is 12.5. The highest BCUT2D eigenvalue weighted by Gasteiger charge is 2.16. The van der Waals surface area contributed by atoms with Crippen LogP contribution in [0.1, 0.15) is 55.9 Å². The summed E-state index contributed by atoms with van der Waals surface area (Å²) in [6.45, 7) is 3.16. The zero-order valence-electron chi connectivity index (χ0n) is 12.5. The summed E-state index contributed by atoms with van der Waals surface area (Å²) in [7, 11) is 2.03. The molecule has 20 heavy (non-hydrogen) atoms. The molecule has 0 atom stereocenters. The Morgan fingerprint density at radius 2 is 2.20 bits per heavy atom. The molecule has 112 valence electrons. The van der Waals surface area contributed by atoms with Crippen LogP contribution in [-0.4, -0.2) is 36.4 Å². The van der Waals surface area contributed by atoms with Gasteiger partial charge in [-0.3, -0.25) is 5.10 Å². The summed E-state index contributed by atoms with van der Waals surface area (Å²) in [6.07, 6.45) is 8.10. The molecule has 0 aliphatic heterocycles. The maximum atomic E-state index is 11.6. The van der Waals surface area contributed by atoms with Crippen LogP contribution in [-0.2, 0) is 4.74 Å². The van der Waals surface area contributed by atoms with Gasteiger partial charge in [0, 0.05) is 19.7 Å². The number of aromatic amines is 1. The standard InChI is InChI=1S/C15H25N3O2/c1-3-20-15(19)13-11-14(17-16-13)18(2)10-9-12-7-5-4-6-8-12/h11-12H,3-10H2,1-2H3,(H,16,17). The van der Waals surface area contributed by atoms with Crippen molar-refractivity contribution in [2.75, 3.05) is 25.1 Å². The third kappa shape index (κ3) is 3.99. The summed E-state index contributed by atoms with van der Waals surface area (Å²) in [6, 6.07) is 1.76. The normalized spacial score (nSPS) is 16.1. The molecule has 1 saturated carbocycles. The van der Waals surface area contributed by atoms with E-state index >= 15 is 0 Å². The van der Waals surface area contributed by atoms with Gasteiger partial charge in [-0.25, -0.2) is 4.79 Å². The van der Waals surface area contributed by atoms with E-state index in [0.717, 1.165) is 18.3 Å². The summed E-state index contributed by atoms with van der Waals surface area (Å²) >= 11 is 0. The van der Waals surface area contributed by atoms with Crippen molar-refractivity contribution in [3.8, 4) is 0 Å². The van der Waals surface area contributed by atoms with E-state index in [4.69, 9.17) is 4.74 Å². The first-order chi connectivity index (χ1) is 9.70. The SMILES string of the molecule is CCOC(=O)c1cc(N(C)CCC2CCCCC2)[nH]n1. The molecule has 0 amide bonds. The van der Waals surface area contributed by atoms with Crippen molar-refractivity contribution in [3.05, 3.63) is 11.8 Å². The van der Waals surface area contributed by atoms with E-state index in [2.05, 4.69) is 15.1 Å². The van der Waals surface area contributed by atoms with E-state index in [-0.39, 0.29) is 5.97 Å². The van der Waals surface area contributed by atoms with Crippen molar-refractivity contribution >= 4 is 11.8 Å². The Balaban J connectivity index is 1.82. The van der Waals surface area contributed by atoms with Gasteiger partial charge >= 0.3 is 5.97 Å². The van der Waals surface area contributed by atoms with Gasteiger partial charge in [-0.15, -0.1) is 0 Å². The highest BCUT2D eigenvalue weighted by atomic mass is 16.5. The van der Waals surface area contributed by atoms with Gasteiger partial charge in [0.05, 0.1) is 6.61 Å². The van der Waals surface area contributed by atoms with Crippen LogP contribution < -0.4 is 4.90 Å². The van der Waals surface area contributed by atoms with Crippen LogP contribution in [0.4, 0.5) is 5.82 Å². The second kappa shape index (κ2) is 7.31. The summed E-state index contributed by atoms with van der Waals surface area (Å²) in [5.74, 6) is 1.37. The molecule has 0 aromatic carbocycles. The average molecular weight is 279 g/mol. The van der Waals surface area contributed by atoms with Gasteiger partial charge in [-0.2, -0.15) is 5.10 Å². The van der Waals surface area contributed by atoms with Gasteiger partial charge in [-0.05, 0) is 19.3 Å². The second-order valence-electron chi connectivity index (χ2n) is 5.57. The number of carbonyl (C=O) groups is 1. The topological polar surface area (TPSA) is 58.2 Å². The highest BCUT2D eigenvalue weighted by molar-refractivity contribution is 5.88. The Morgan fingerprint density at radius 1 is 1.45 bits per heavy atom. The van der Waals surface area contributed by atoms with Gasteiger partial charge in [0.25, 0.3) is 0 Å². The molecule has 2 rings (SSSR count). The number of anilines is 1. The van der Waals surface area contributed by atoms with Gasteiger partial charge in [0.1, 0.15) is 5.82 Å². The lowest BCUT2D eigenvalue weighted by molar-refractivity contribution is 0.0519. The fourth-order valence-corrected chi connectivity index (χ4v) is 2.79. The first-order valence-electron chi connectivity index (χ1n) is 7.64. The lowest BCUT2D eigenvalue weighted by Crippen LogP contribution is -2.22. The Hall–Kier alpha value is -1.52. The van der Waals surface area contributed by atoms with Crippen molar-refractivity contribution in [3.63, 3.8) is 0 Å². The molecule has 1 aliphatic rings. The summed E-state index contributed by atoms with van der Waals surface area (Å²) in [5.41, 5.74) is 0.353. The molecule has 1 N–H and O–H groups in total. The van der Waals surface area contributed by atoms with Crippen molar-refractivity contribution in [1.29, 1.82) is 0 Å². The predicted octanol–water partition coefficient (Wildman–Crippen LogP) is 2.99. The molecule has 1 aromatic rings. The monoisotopic (exact) mass is 279 g/mol. The van der Waals surface area contributed by atoms with Crippen LogP contribution in [0.5, 0.6) is 0 Å². The van der Waals surface area contributed by atoms with Crippen molar-refractivity contribution < 1.29 is 9.53 Å². The lowest BCUT2D eigenvalue weighted by atomic mass is 9.87. The number of nitrogens with zero attached hydrogens (tertiary/aromatic N) is 2. The minimum atomic E-state index is -0.365. The minimum Gasteiger partial charge on any atom is -0.461 e. The van der Waals surface area contributed by atoms with Crippen molar-refractivity contribution in [2.45, 2.75) is 45.4 Å². The molecule has 0 radical (unpaired) electrons. The third-order valence-electron chi connectivity index (χ3n) is 4.06. The van der Waals surface area contributed by atoms with Crippen LogP contribution in [0.25, 0.3) is 0 Å². The number of hydrogen-bond acceptors (Lipinski definition) is 4. The van der Waals surface area contributed by atoms with Crippen molar-refractivity contribution in [1.82, 2.24) is 10.2 Å². The van der Waals surface area contributed by atoms with E-state index in [1.165, 1.54) is 38.5 Å². The molecule has 0 spiro atoms. The number of hydrogen-bond donors (Lipinski definition) is 1. The first kappa shape index (κ1) is 14.9. The van der Waals surface area contributed by atoms with Gasteiger partial charge < -0.3 is 9.64 Å². The predicted molar refractivity (Wildman–Crippen MR) is 79.0 cm³/mol. The smallest absolute Gasteiger partial charge is 0.358 e. The van der Waals surface area contributed by atoms with Crippen molar-refractivity contribution in [2.24, 2.45) is 5.92 Å². The largest absolute Gasteiger partial charge is 0.461 e. The van der Waals surface area contributed by atoms with Gasteiger partial charge in [0.2, 0.25) is 0 Å². The third-order valence-corrected chi connectivity index (χ3v) is 4.06. The Bertz CT molecular complexity index is 425. The summed E-state index contributed by atoms with van der Waals surface area (Å²) < 4.78 is 4.94. The number of aromatic nitrogens is 2. The number of H-pyrrole nitrogens is 1. The molecule has 5 heteroatoms. The fraction of sp³-hybridized carbons (Fsp3) is 0.733. The number of esters is 1. The number of carbonyl (C=O) groups excluding carboxylic acids is 1. The molecule has 0 unspecified atom stereocenters. The average Bonchev–Trinajstić information content (AvgIpc) is 2.96. The molecular formula is C15H25N3O2. The molecular weight excluding hydrogens is 254 g/mol. The van der Waals surface area contributed by atoms with Gasteiger partial charge in [-0.1, -0.05) is 32.1 Å². The summed E-state index contributed by atoms with van der Waals surface area (Å²) in [4.78, 5) is 13.7. The molecule has 1 heterocycles. The van der Waals surface area contributed by atoms with E-state index in [1.54, 1.807) is 13.0 Å². The molecule has 1 aromatic heterocycles. The Kier molecular flexibility index (Phi) is 5.44. The maximum absolute atomic E-state index is 11.6. The number of nitrogens with one attached hydrogen (secondary N) is 1. The van der Waals surface area contributed by atoms with Crippen LogP contribution in [0.3, 0.4) is 0 Å². The Labute approximate surface area is 120 Å². The quantitative estimate of drug-likeness (QED) is 0.813. The van der Waals surface area contributed by atoms with E-state index in [9.17, 15) is 4.79 Å². The first-order valence-corrected chi connectivity index (χ1v) is 7.64. The van der Waals surface area contributed by atoms with E-state index in [1.807, 2.05) is 7.05 Å². The van der Waals surface area contributed by atoms with Gasteiger partial charge in [0.15, 0.2) is 5.69 Å². The molecule has 1 fully saturated rings. The number of rotatable bonds is 6. The van der Waals surface area contributed by atoms with Crippen LogP contribution >= 0.6 is 0 Å². The zero-order chi connectivity index (χ0) is 14.4. The Morgan fingerprint density at radius 3 is 2.90 bits per heavy atom. The summed E-state index contributed by atoms with van der Waals surface area (Å²) in [5, 5.41) is 6.92. The minimum absolute atomic E-state index is 0.353. The fourth-order valence-electron chi connectivity index (χ4n) is 2.79. The van der Waals surface area contributed by atoms with Crippen LogP contribution in [0.15, 0.2) is 6.07 Å². The molecule has 5 nitrogen and oxygen atoms in total. The van der Waals surface area contributed by atoms with Crippen LogP contribution in [0.2, 0.25) is 0 Å².